The van der Waals surface area contributed by atoms with Crippen molar-refractivity contribution in [2.45, 2.75) is 0 Å². The van der Waals surface area contributed by atoms with Gasteiger partial charge in [-0.05, 0) is 34.0 Å². The van der Waals surface area contributed by atoms with E-state index in [4.69, 9.17) is 0 Å². The molecule has 0 fully saturated rings. The minimum absolute atomic E-state index is 1.19. The molecule has 0 unspecified atom stereocenters. The summed E-state index contributed by atoms with van der Waals surface area (Å²) in [4.78, 5) is 0. The van der Waals surface area contributed by atoms with Crippen LogP contribution in [0.2, 0.25) is 0 Å². The second kappa shape index (κ2) is 9.24. The van der Waals surface area contributed by atoms with Gasteiger partial charge in [-0.1, -0.05) is 109 Å². The Bertz CT molecular complexity index is 828. The van der Waals surface area contributed by atoms with Gasteiger partial charge in [-0.15, -0.1) is 0 Å². The van der Waals surface area contributed by atoms with Crippen LogP contribution in [0.15, 0.2) is 103 Å². The van der Waals surface area contributed by atoms with Gasteiger partial charge in [-0.2, -0.15) is 0 Å². The molecule has 0 saturated heterocycles. The number of fused-ring (bicyclic) bond motifs is 2. The highest BCUT2D eigenvalue weighted by atomic mass is 14.0. The molecule has 0 heterocycles. The Hall–Kier alpha value is -3.12. The maximum Gasteiger partial charge on any atom is 0.0131 e. The molecular formula is C25H19. The zero-order valence-corrected chi connectivity index (χ0v) is 14.0. The Morgan fingerprint density at radius 2 is 1.28 bits per heavy atom. The van der Waals surface area contributed by atoms with Crippen molar-refractivity contribution in [1.82, 2.24) is 0 Å². The summed E-state index contributed by atoms with van der Waals surface area (Å²) in [6.45, 7) is 0. The molecule has 0 atom stereocenters. The lowest BCUT2D eigenvalue weighted by atomic mass is 10.1. The van der Waals surface area contributed by atoms with E-state index < -0.39 is 0 Å². The quantitative estimate of drug-likeness (QED) is 0.352. The van der Waals surface area contributed by atoms with Gasteiger partial charge in [0.2, 0.25) is 0 Å². The normalized spacial score (nSPS) is 10.9. The predicted octanol–water partition coefficient (Wildman–Crippen LogP) is 6.39. The van der Waals surface area contributed by atoms with Crippen LogP contribution in [0.4, 0.5) is 0 Å². The number of rotatable bonds is 0. The van der Waals surface area contributed by atoms with E-state index in [-0.39, 0.29) is 0 Å². The zero-order chi connectivity index (χ0) is 17.2. The number of hydrogen-bond donors (Lipinski definition) is 0. The highest BCUT2D eigenvalue weighted by Gasteiger charge is 2.00. The smallest absolute Gasteiger partial charge is 0.0131 e. The molecule has 0 N–H and O–H groups in total. The van der Waals surface area contributed by atoms with Gasteiger partial charge < -0.3 is 0 Å². The van der Waals surface area contributed by atoms with E-state index in [1.807, 2.05) is 54.6 Å². The van der Waals surface area contributed by atoms with Gasteiger partial charge in [-0.3, -0.25) is 0 Å². The fourth-order valence-corrected chi connectivity index (χ4v) is 2.48. The van der Waals surface area contributed by atoms with Crippen LogP contribution in [-0.4, -0.2) is 0 Å². The van der Waals surface area contributed by atoms with Crippen LogP contribution in [0.5, 0.6) is 0 Å². The monoisotopic (exact) mass is 319 g/mol. The van der Waals surface area contributed by atoms with E-state index in [1.165, 1.54) is 21.9 Å². The average molecular weight is 319 g/mol. The minimum atomic E-state index is 1.19. The second-order valence-corrected chi connectivity index (χ2v) is 5.49. The molecule has 4 aromatic rings. The Kier molecular flexibility index (Phi) is 6.18. The lowest BCUT2D eigenvalue weighted by molar-refractivity contribution is 1.55. The maximum absolute atomic E-state index is 3.15. The van der Waals surface area contributed by atoms with Crippen LogP contribution in [0.25, 0.3) is 16.8 Å². The van der Waals surface area contributed by atoms with Crippen molar-refractivity contribution in [1.29, 1.82) is 0 Å². The summed E-state index contributed by atoms with van der Waals surface area (Å²) in [7, 11) is 0. The molecule has 0 aromatic heterocycles. The molecule has 5 rings (SSSR count). The molecule has 0 aliphatic heterocycles. The lowest BCUT2D eigenvalue weighted by Crippen LogP contribution is -1.74. The van der Waals surface area contributed by atoms with Crippen molar-refractivity contribution >= 4 is 16.8 Å². The molecule has 4 aromatic carbocycles. The van der Waals surface area contributed by atoms with Gasteiger partial charge in [-0.25, -0.2) is 0 Å². The van der Waals surface area contributed by atoms with E-state index in [9.17, 15) is 0 Å². The molecule has 25 heavy (non-hydrogen) atoms. The van der Waals surface area contributed by atoms with Gasteiger partial charge in [0, 0.05) is 6.42 Å². The van der Waals surface area contributed by atoms with Gasteiger partial charge in [0.15, 0.2) is 0 Å². The van der Waals surface area contributed by atoms with Gasteiger partial charge >= 0.3 is 0 Å². The first kappa shape index (κ1) is 16.7. The fourth-order valence-electron chi connectivity index (χ4n) is 2.48. The first-order valence-corrected chi connectivity index (χ1v) is 8.30. The van der Waals surface area contributed by atoms with Crippen LogP contribution >= 0.6 is 0 Å². The highest BCUT2D eigenvalue weighted by molar-refractivity contribution is 5.81. The molecule has 1 aliphatic carbocycles. The number of hydrogen-bond acceptors (Lipinski definition) is 0. The predicted molar refractivity (Wildman–Crippen MR) is 107 cm³/mol. The van der Waals surface area contributed by atoms with Crippen LogP contribution in [0.1, 0.15) is 11.1 Å². The molecule has 1 aliphatic rings. The summed E-state index contributed by atoms with van der Waals surface area (Å²) in [5, 5.41) is 2.44. The van der Waals surface area contributed by atoms with Crippen LogP contribution in [0.3, 0.4) is 0 Å². The van der Waals surface area contributed by atoms with Crippen molar-refractivity contribution in [2.75, 3.05) is 0 Å². The number of benzene rings is 4. The Labute approximate surface area is 150 Å². The molecule has 0 saturated carbocycles. The van der Waals surface area contributed by atoms with Gasteiger partial charge in [0.05, 0.1) is 0 Å². The third-order valence-corrected chi connectivity index (χ3v) is 3.73. The van der Waals surface area contributed by atoms with Crippen molar-refractivity contribution in [3.8, 4) is 0 Å². The van der Waals surface area contributed by atoms with Gasteiger partial charge in [0.1, 0.15) is 0 Å². The summed E-state index contributed by atoms with van der Waals surface area (Å²) in [6.07, 6.45) is 6.31. The van der Waals surface area contributed by atoms with E-state index in [0.29, 0.717) is 0 Å². The fraction of sp³-hybridized carbons (Fsp3) is 0. The van der Waals surface area contributed by atoms with E-state index in [2.05, 4.69) is 73.2 Å². The summed E-state index contributed by atoms with van der Waals surface area (Å²) < 4.78 is 0. The van der Waals surface area contributed by atoms with Crippen molar-refractivity contribution < 1.29 is 0 Å². The third-order valence-electron chi connectivity index (χ3n) is 3.73. The molecular weight excluding hydrogens is 300 g/mol. The van der Waals surface area contributed by atoms with Gasteiger partial charge in [0.25, 0.3) is 0 Å². The summed E-state index contributed by atoms with van der Waals surface area (Å²) in [5.41, 5.74) is 2.66. The molecule has 0 bridgehead atoms. The molecule has 0 spiro atoms. The Morgan fingerprint density at radius 3 is 1.96 bits per heavy atom. The Balaban J connectivity index is 0.000000113. The minimum Gasteiger partial charge on any atom is -0.0755 e. The molecule has 119 valence electrons. The van der Waals surface area contributed by atoms with Crippen molar-refractivity contribution in [2.24, 2.45) is 0 Å². The van der Waals surface area contributed by atoms with Crippen molar-refractivity contribution in [3.05, 3.63) is 133 Å². The van der Waals surface area contributed by atoms with E-state index in [0.717, 1.165) is 0 Å². The van der Waals surface area contributed by atoms with Crippen LogP contribution in [-0.2, 0) is 0 Å². The van der Waals surface area contributed by atoms with Crippen LogP contribution < -0.4 is 0 Å². The van der Waals surface area contributed by atoms with E-state index in [1.54, 1.807) is 0 Å². The standard InChI is InChI=1S/C10H7.C9H7.C6H5/c1-2-6-10-8-4-3-7-9(10)5-1;1-2-5-9-7-3-6-8(9)4-1;1-2-4-6-5-3-1/h1-7H;1-7H;1-5H. The van der Waals surface area contributed by atoms with Crippen LogP contribution in [0, 0.1) is 18.6 Å². The molecule has 0 heteroatoms. The summed E-state index contributed by atoms with van der Waals surface area (Å²) in [6, 6.07) is 38.2. The maximum atomic E-state index is 3.15. The molecule has 3 radical (unpaired) electrons. The van der Waals surface area contributed by atoms with E-state index >= 15 is 0 Å². The second-order valence-electron chi connectivity index (χ2n) is 5.49. The Morgan fingerprint density at radius 1 is 0.560 bits per heavy atom. The SMILES string of the molecule is [CH]1C=Cc2ccccc21.[c]1cccc2ccccc12.[c]1ccccc1. The molecule has 0 nitrogen and oxygen atoms in total. The zero-order valence-electron chi connectivity index (χ0n) is 14.0. The largest absolute Gasteiger partial charge is 0.0755 e. The first-order valence-electron chi connectivity index (χ1n) is 8.30. The lowest BCUT2D eigenvalue weighted by Gasteiger charge is -1.92. The third kappa shape index (κ3) is 5.19. The summed E-state index contributed by atoms with van der Waals surface area (Å²) in [5.74, 6) is 0. The summed E-state index contributed by atoms with van der Waals surface area (Å²) >= 11 is 0. The molecule has 0 amide bonds. The van der Waals surface area contributed by atoms with Crippen molar-refractivity contribution in [3.63, 3.8) is 0 Å². The average Bonchev–Trinajstić information content (AvgIpc) is 3.19. The first-order chi connectivity index (χ1) is 12.4. The highest BCUT2D eigenvalue weighted by Crippen LogP contribution is 2.19. The number of allylic oxidation sites excluding steroid dienone is 1. The topological polar surface area (TPSA) is 0 Å².